The van der Waals surface area contributed by atoms with Crippen LogP contribution in [-0.4, -0.2) is 31.6 Å². The third-order valence-electron chi connectivity index (χ3n) is 7.69. The van der Waals surface area contributed by atoms with Crippen molar-refractivity contribution in [1.29, 1.82) is 0 Å². The molecule has 1 amide bonds. The maximum Gasteiger partial charge on any atom is 0.408 e. The molecular weight excluding hydrogens is 486 g/mol. The number of carboxylic acid groups (broad SMARTS) is 1. The van der Waals surface area contributed by atoms with Gasteiger partial charge >= 0.3 is 6.09 Å². The minimum atomic E-state index is -0.888. The van der Waals surface area contributed by atoms with Crippen molar-refractivity contribution in [3.63, 3.8) is 0 Å². The first-order valence-electron chi connectivity index (χ1n) is 13.3. The van der Waals surface area contributed by atoms with Gasteiger partial charge in [0, 0.05) is 16.7 Å². The van der Waals surface area contributed by atoms with E-state index in [1.807, 2.05) is 93.6 Å². The average molecular weight is 518 g/mol. The molecule has 5 aromatic rings. The lowest BCUT2D eigenvalue weighted by atomic mass is 9.69. The van der Waals surface area contributed by atoms with Gasteiger partial charge in [-0.2, -0.15) is 0 Å². The fourth-order valence-corrected chi connectivity index (χ4v) is 5.89. The largest absolute Gasteiger partial charge is 0.465 e. The molecule has 6 rings (SSSR count). The van der Waals surface area contributed by atoms with Crippen molar-refractivity contribution in [3.05, 3.63) is 96.7 Å². The lowest BCUT2D eigenvalue weighted by molar-refractivity contribution is -0.0328. The van der Waals surface area contributed by atoms with Crippen LogP contribution in [0.25, 0.3) is 44.9 Å². The molecule has 0 radical (unpaired) electrons. The van der Waals surface area contributed by atoms with Gasteiger partial charge in [-0.1, -0.05) is 84.9 Å². The number of hydrogen-bond acceptors (Lipinski definition) is 4. The van der Waals surface area contributed by atoms with Crippen molar-refractivity contribution < 1.29 is 14.3 Å². The second-order valence-corrected chi connectivity index (χ2v) is 11.2. The van der Waals surface area contributed by atoms with Crippen LogP contribution < -0.4 is 0 Å². The Morgan fingerprint density at radius 2 is 1.49 bits per heavy atom. The van der Waals surface area contributed by atoms with Crippen molar-refractivity contribution in [2.24, 2.45) is 0 Å². The number of nitrogens with zero attached hydrogens (tertiary/aromatic N) is 3. The van der Waals surface area contributed by atoms with Crippen molar-refractivity contribution in [1.82, 2.24) is 14.9 Å². The molecule has 0 unspecified atom stereocenters. The zero-order valence-electron chi connectivity index (χ0n) is 22.4. The number of aromatic nitrogens is 2. The van der Waals surface area contributed by atoms with Crippen molar-refractivity contribution in [2.45, 2.75) is 51.1 Å². The maximum absolute atomic E-state index is 12.4. The van der Waals surface area contributed by atoms with Gasteiger partial charge in [-0.25, -0.2) is 14.8 Å². The summed E-state index contributed by atoms with van der Waals surface area (Å²) < 4.78 is 6.36. The molecule has 1 saturated carbocycles. The average Bonchev–Trinajstić information content (AvgIpc) is 3.29. The van der Waals surface area contributed by atoms with Crippen LogP contribution in [0.4, 0.5) is 4.79 Å². The number of amides is 1. The van der Waals surface area contributed by atoms with E-state index in [9.17, 15) is 9.90 Å². The maximum atomic E-state index is 12.4. The molecule has 0 spiro atoms. The van der Waals surface area contributed by atoms with Gasteiger partial charge in [0.25, 0.3) is 0 Å². The Morgan fingerprint density at radius 1 is 0.872 bits per heavy atom. The van der Waals surface area contributed by atoms with Gasteiger partial charge in [-0.05, 0) is 51.2 Å². The number of benzene rings is 3. The van der Waals surface area contributed by atoms with E-state index < -0.39 is 17.2 Å². The summed E-state index contributed by atoms with van der Waals surface area (Å²) in [5.74, 6) is 0.696. The Morgan fingerprint density at radius 3 is 2.03 bits per heavy atom. The van der Waals surface area contributed by atoms with Crippen molar-refractivity contribution >= 4 is 17.3 Å². The van der Waals surface area contributed by atoms with Crippen LogP contribution in [0.1, 0.15) is 45.6 Å². The van der Waals surface area contributed by atoms with Crippen LogP contribution >= 0.6 is 0 Å². The summed E-state index contributed by atoms with van der Waals surface area (Å²) in [5.41, 5.74) is 5.72. The third-order valence-corrected chi connectivity index (χ3v) is 7.69. The number of carbonyl (C=O) groups is 1. The second kappa shape index (κ2) is 9.38. The molecule has 0 aliphatic heterocycles. The van der Waals surface area contributed by atoms with Gasteiger partial charge in [0.1, 0.15) is 11.3 Å². The Hall–Kier alpha value is -4.45. The smallest absolute Gasteiger partial charge is 0.408 e. The molecule has 6 heteroatoms. The lowest BCUT2D eigenvalue weighted by Crippen LogP contribution is -2.60. The minimum Gasteiger partial charge on any atom is -0.465 e. The molecule has 2 aromatic heterocycles. The molecular formula is C33H31N3O3. The van der Waals surface area contributed by atoms with Crippen LogP contribution in [0.15, 0.2) is 95.5 Å². The predicted molar refractivity (Wildman–Crippen MR) is 153 cm³/mol. The first-order valence-corrected chi connectivity index (χ1v) is 13.3. The van der Waals surface area contributed by atoms with E-state index in [2.05, 4.69) is 17.1 Å². The van der Waals surface area contributed by atoms with E-state index in [1.54, 1.807) is 11.1 Å². The van der Waals surface area contributed by atoms with Gasteiger partial charge in [0.15, 0.2) is 0 Å². The Balaban J connectivity index is 1.48. The van der Waals surface area contributed by atoms with Gasteiger partial charge in [0.2, 0.25) is 5.71 Å². The van der Waals surface area contributed by atoms with Crippen LogP contribution in [0, 0.1) is 0 Å². The Labute approximate surface area is 228 Å². The van der Waals surface area contributed by atoms with Gasteiger partial charge in [0.05, 0.1) is 23.0 Å². The number of fused-ring (bicyclic) bond motifs is 1. The monoisotopic (exact) mass is 517 g/mol. The molecule has 1 N–H and O–H groups in total. The summed E-state index contributed by atoms with van der Waals surface area (Å²) in [6.07, 6.45) is 3.49. The van der Waals surface area contributed by atoms with Gasteiger partial charge in [-0.15, -0.1) is 0 Å². The highest BCUT2D eigenvalue weighted by molar-refractivity contribution is 5.98. The molecule has 6 nitrogen and oxygen atoms in total. The van der Waals surface area contributed by atoms with Crippen molar-refractivity contribution in [3.8, 4) is 33.7 Å². The second-order valence-electron chi connectivity index (χ2n) is 11.2. The zero-order valence-corrected chi connectivity index (χ0v) is 22.4. The van der Waals surface area contributed by atoms with Crippen LogP contribution in [-0.2, 0) is 5.54 Å². The number of furan rings is 1. The quantitative estimate of drug-likeness (QED) is 0.253. The fraction of sp³-hybridized carbons (Fsp3) is 0.242. The highest BCUT2D eigenvalue weighted by Gasteiger charge is 2.50. The minimum absolute atomic E-state index is 0.479. The standard InChI is InChI=1S/C33H31N3O3/c1-32(2,3)36(31(37)38)33(19-10-20-33)25-17-15-24(16-18-25)29-27(23-13-8-5-9-14-23)28-30(39-29)34-21-26(35-28)22-11-6-4-7-12-22/h4-9,11-18,21H,10,19-20H2,1-3H3,(H,37,38). The molecule has 0 saturated heterocycles. The topological polar surface area (TPSA) is 79.5 Å². The SMILES string of the molecule is CC(C)(C)N(C(=O)O)C1(c2ccc(-c3oc4ncc(-c5ccccc5)nc4c3-c3ccccc3)cc2)CCC1. The summed E-state index contributed by atoms with van der Waals surface area (Å²) in [5, 5.41) is 10.1. The van der Waals surface area contributed by atoms with Crippen LogP contribution in [0.3, 0.4) is 0 Å². The van der Waals surface area contributed by atoms with E-state index in [0.717, 1.165) is 52.8 Å². The zero-order chi connectivity index (χ0) is 27.2. The van der Waals surface area contributed by atoms with Crippen molar-refractivity contribution in [2.75, 3.05) is 0 Å². The molecule has 0 atom stereocenters. The third kappa shape index (κ3) is 4.26. The molecule has 1 aliphatic carbocycles. The molecule has 1 fully saturated rings. The summed E-state index contributed by atoms with van der Waals surface area (Å²) in [6, 6.07) is 28.3. The first-order chi connectivity index (χ1) is 18.8. The van der Waals surface area contributed by atoms with Gasteiger partial charge < -0.3 is 9.52 Å². The van der Waals surface area contributed by atoms with E-state index >= 15 is 0 Å². The van der Waals surface area contributed by atoms with E-state index in [4.69, 9.17) is 9.40 Å². The summed E-state index contributed by atoms with van der Waals surface area (Å²) in [4.78, 5) is 23.6. The molecule has 1 aliphatic rings. The predicted octanol–water partition coefficient (Wildman–Crippen LogP) is 8.38. The number of rotatable bonds is 5. The van der Waals surface area contributed by atoms with E-state index in [1.165, 1.54) is 0 Å². The highest BCUT2D eigenvalue weighted by atomic mass is 16.4. The summed E-state index contributed by atoms with van der Waals surface area (Å²) in [7, 11) is 0. The molecule has 39 heavy (non-hydrogen) atoms. The lowest BCUT2D eigenvalue weighted by Gasteiger charge is -2.54. The van der Waals surface area contributed by atoms with E-state index in [0.29, 0.717) is 17.0 Å². The van der Waals surface area contributed by atoms with Gasteiger partial charge in [-0.3, -0.25) is 4.90 Å². The first kappa shape index (κ1) is 24.9. The fourth-order valence-electron chi connectivity index (χ4n) is 5.89. The number of hydrogen-bond donors (Lipinski definition) is 1. The summed E-state index contributed by atoms with van der Waals surface area (Å²) in [6.45, 7) is 5.87. The van der Waals surface area contributed by atoms with Crippen LogP contribution in [0.2, 0.25) is 0 Å². The van der Waals surface area contributed by atoms with E-state index in [-0.39, 0.29) is 0 Å². The molecule has 2 heterocycles. The molecule has 196 valence electrons. The normalized spacial score (nSPS) is 14.6. The highest BCUT2D eigenvalue weighted by Crippen LogP contribution is 2.50. The van der Waals surface area contributed by atoms with Crippen LogP contribution in [0.5, 0.6) is 0 Å². The Kier molecular flexibility index (Phi) is 5.98. The molecule has 0 bridgehead atoms. The Bertz CT molecular complexity index is 1630. The summed E-state index contributed by atoms with van der Waals surface area (Å²) >= 11 is 0. The molecule has 3 aromatic carbocycles.